The van der Waals surface area contributed by atoms with Crippen LogP contribution in [0, 0.1) is 11.6 Å². The van der Waals surface area contributed by atoms with Crippen LogP contribution in [0.25, 0.3) is 11.7 Å². The number of hydrogen-bond acceptors (Lipinski definition) is 2. The molecule has 2 aromatic carbocycles. The van der Waals surface area contributed by atoms with E-state index >= 15 is 0 Å². The molecule has 1 N–H and O–H groups in total. The van der Waals surface area contributed by atoms with Crippen LogP contribution < -0.4 is 4.74 Å². The van der Waals surface area contributed by atoms with Gasteiger partial charge in [0.2, 0.25) is 5.82 Å². The Bertz CT molecular complexity index is 694. The van der Waals surface area contributed by atoms with Crippen molar-refractivity contribution in [2.75, 3.05) is 7.11 Å². The molecule has 0 unspecified atom stereocenters. The summed E-state index contributed by atoms with van der Waals surface area (Å²) in [5.41, 5.74) is -1.06. The Morgan fingerprint density at radius 3 is 2.10 bits per heavy atom. The number of phenolic OH excluding ortho intramolecular Hbond substituents is 1. The first-order valence-corrected chi connectivity index (χ1v) is 5.82. The van der Waals surface area contributed by atoms with Crippen molar-refractivity contribution in [1.29, 1.82) is 0 Å². The lowest BCUT2D eigenvalue weighted by Crippen LogP contribution is -1.97. The van der Waals surface area contributed by atoms with Crippen LogP contribution in [0.1, 0.15) is 11.1 Å². The van der Waals surface area contributed by atoms with Crippen molar-refractivity contribution < 1.29 is 27.4 Å². The van der Waals surface area contributed by atoms with Gasteiger partial charge in [-0.3, -0.25) is 0 Å². The van der Waals surface area contributed by atoms with E-state index in [1.54, 1.807) is 0 Å². The van der Waals surface area contributed by atoms with Crippen molar-refractivity contribution in [3.63, 3.8) is 0 Å². The van der Waals surface area contributed by atoms with E-state index in [0.717, 1.165) is 43.5 Å². The third kappa shape index (κ3) is 2.84. The molecule has 0 saturated heterocycles. The summed E-state index contributed by atoms with van der Waals surface area (Å²) in [4.78, 5) is 0. The van der Waals surface area contributed by atoms with Crippen LogP contribution in [-0.2, 0) is 0 Å². The van der Waals surface area contributed by atoms with Gasteiger partial charge in [-0.15, -0.1) is 0 Å². The number of halogens is 4. The molecule has 2 rings (SSSR count). The van der Waals surface area contributed by atoms with Gasteiger partial charge in [0.15, 0.2) is 23.2 Å². The van der Waals surface area contributed by atoms with Gasteiger partial charge in [0, 0.05) is 5.56 Å². The van der Waals surface area contributed by atoms with Crippen molar-refractivity contribution in [2.45, 2.75) is 0 Å². The van der Waals surface area contributed by atoms with Gasteiger partial charge in [0.05, 0.1) is 12.7 Å². The molecule has 2 aromatic rings. The van der Waals surface area contributed by atoms with Gasteiger partial charge in [-0.2, -0.15) is 4.39 Å². The number of methoxy groups -OCH3 is 1. The lowest BCUT2D eigenvalue weighted by atomic mass is 10.1. The fraction of sp³-hybridized carbons (Fsp3) is 0.0667. The second kappa shape index (κ2) is 5.87. The molecule has 6 heteroatoms. The van der Waals surface area contributed by atoms with E-state index < -0.39 is 34.6 Å². The Kier molecular flexibility index (Phi) is 4.16. The molecule has 0 atom stereocenters. The molecular weight excluding hydrogens is 288 g/mol. The van der Waals surface area contributed by atoms with Crippen LogP contribution in [0.15, 0.2) is 36.4 Å². The molecule has 0 aliphatic heterocycles. The highest BCUT2D eigenvalue weighted by Crippen LogP contribution is 2.33. The van der Waals surface area contributed by atoms with Gasteiger partial charge < -0.3 is 9.84 Å². The number of phenols is 1. The first kappa shape index (κ1) is 14.9. The molecule has 0 fully saturated rings. The smallest absolute Gasteiger partial charge is 0.201 e. The van der Waals surface area contributed by atoms with Crippen LogP contribution in [0.2, 0.25) is 0 Å². The van der Waals surface area contributed by atoms with Crippen LogP contribution in [0.4, 0.5) is 17.6 Å². The van der Waals surface area contributed by atoms with Crippen LogP contribution in [0.3, 0.4) is 0 Å². The third-order valence-corrected chi connectivity index (χ3v) is 2.82. The lowest BCUT2D eigenvalue weighted by Gasteiger charge is -2.07. The highest BCUT2D eigenvalue weighted by Gasteiger charge is 2.20. The summed E-state index contributed by atoms with van der Waals surface area (Å²) in [7, 11) is 1.13. The maximum absolute atomic E-state index is 14.0. The van der Waals surface area contributed by atoms with E-state index in [1.807, 2.05) is 0 Å². The first-order chi connectivity index (χ1) is 9.95. The zero-order chi connectivity index (χ0) is 15.6. The monoisotopic (exact) mass is 298 g/mol. The average Bonchev–Trinajstić information content (AvgIpc) is 2.49. The van der Waals surface area contributed by atoms with E-state index in [9.17, 15) is 17.6 Å². The average molecular weight is 298 g/mol. The molecule has 0 aliphatic rings. The summed E-state index contributed by atoms with van der Waals surface area (Å²) in [5.74, 6) is -6.38. The predicted molar refractivity (Wildman–Crippen MR) is 70.0 cm³/mol. The van der Waals surface area contributed by atoms with E-state index in [1.165, 1.54) is 0 Å². The SMILES string of the molecule is COc1ccc(/C(F)=C(\F)c2ccc(O)cc2)c(F)c1F. The van der Waals surface area contributed by atoms with Crippen molar-refractivity contribution in [2.24, 2.45) is 0 Å². The topological polar surface area (TPSA) is 29.5 Å². The van der Waals surface area contributed by atoms with Crippen molar-refractivity contribution >= 4 is 11.7 Å². The molecule has 0 saturated carbocycles. The predicted octanol–water partition coefficient (Wildman–Crippen LogP) is 4.44. The minimum atomic E-state index is -1.54. The van der Waals surface area contributed by atoms with E-state index in [-0.39, 0.29) is 11.3 Å². The lowest BCUT2D eigenvalue weighted by molar-refractivity contribution is 0.371. The van der Waals surface area contributed by atoms with E-state index in [0.29, 0.717) is 0 Å². The number of hydrogen-bond donors (Lipinski definition) is 1. The molecule has 0 aromatic heterocycles. The van der Waals surface area contributed by atoms with Crippen LogP contribution in [0.5, 0.6) is 11.5 Å². The summed E-state index contributed by atoms with van der Waals surface area (Å²) in [6, 6.07) is 6.40. The maximum Gasteiger partial charge on any atom is 0.201 e. The van der Waals surface area contributed by atoms with Gasteiger partial charge >= 0.3 is 0 Å². The van der Waals surface area contributed by atoms with Gasteiger partial charge in [-0.25, -0.2) is 13.2 Å². The Labute approximate surface area is 117 Å². The van der Waals surface area contributed by atoms with Gasteiger partial charge in [0.25, 0.3) is 0 Å². The molecule has 0 spiro atoms. The molecule has 110 valence electrons. The quantitative estimate of drug-likeness (QED) is 0.670. The van der Waals surface area contributed by atoms with Crippen LogP contribution >= 0.6 is 0 Å². The summed E-state index contributed by atoms with van der Waals surface area (Å²) < 4.78 is 59.7. The Hall–Kier alpha value is -2.50. The standard InChI is InChI=1S/C15H10F4O2/c1-21-11-7-6-10(14(18)15(11)19)13(17)12(16)8-2-4-9(20)5-3-8/h2-7,20H,1H3/b13-12+. The molecule has 0 radical (unpaired) electrons. The van der Waals surface area contributed by atoms with Crippen molar-refractivity contribution in [3.8, 4) is 11.5 Å². The maximum atomic E-state index is 14.0. The minimum absolute atomic E-state index is 0.131. The van der Waals surface area contributed by atoms with Gasteiger partial charge in [-0.05, 0) is 36.4 Å². The summed E-state index contributed by atoms with van der Waals surface area (Å²) in [5, 5.41) is 9.08. The summed E-state index contributed by atoms with van der Waals surface area (Å²) >= 11 is 0. The number of rotatable bonds is 3. The van der Waals surface area contributed by atoms with E-state index in [4.69, 9.17) is 5.11 Å². The third-order valence-electron chi connectivity index (χ3n) is 2.82. The Morgan fingerprint density at radius 2 is 1.52 bits per heavy atom. The molecule has 0 amide bonds. The minimum Gasteiger partial charge on any atom is -0.508 e. The largest absolute Gasteiger partial charge is 0.508 e. The molecular formula is C15H10F4O2. The fourth-order valence-corrected chi connectivity index (χ4v) is 1.71. The van der Waals surface area contributed by atoms with Crippen LogP contribution in [-0.4, -0.2) is 12.2 Å². The van der Waals surface area contributed by atoms with Crippen molar-refractivity contribution in [3.05, 3.63) is 59.2 Å². The highest BCUT2D eigenvalue weighted by molar-refractivity contribution is 5.83. The number of benzene rings is 2. The fourth-order valence-electron chi connectivity index (χ4n) is 1.71. The van der Waals surface area contributed by atoms with E-state index in [2.05, 4.69) is 4.74 Å². The summed E-state index contributed by atoms with van der Waals surface area (Å²) in [6.07, 6.45) is 0. The summed E-state index contributed by atoms with van der Waals surface area (Å²) in [6.45, 7) is 0. The Morgan fingerprint density at radius 1 is 0.905 bits per heavy atom. The molecule has 0 aliphatic carbocycles. The second-order valence-electron chi connectivity index (χ2n) is 4.12. The molecule has 2 nitrogen and oxygen atoms in total. The first-order valence-electron chi connectivity index (χ1n) is 5.82. The molecule has 0 heterocycles. The van der Waals surface area contributed by atoms with Crippen molar-refractivity contribution in [1.82, 2.24) is 0 Å². The second-order valence-corrected chi connectivity index (χ2v) is 4.12. The number of ether oxygens (including phenoxy) is 1. The molecule has 21 heavy (non-hydrogen) atoms. The van der Waals surface area contributed by atoms with Gasteiger partial charge in [0.1, 0.15) is 5.75 Å². The molecule has 0 bridgehead atoms. The zero-order valence-electron chi connectivity index (χ0n) is 10.8. The van der Waals surface area contributed by atoms with Gasteiger partial charge in [-0.1, -0.05) is 0 Å². The number of aromatic hydroxyl groups is 1. The normalized spacial score (nSPS) is 12.0. The zero-order valence-corrected chi connectivity index (χ0v) is 10.8. The Balaban J connectivity index is 2.52. The highest BCUT2D eigenvalue weighted by atomic mass is 19.2.